The number of fused-ring (bicyclic) bond motifs is 2. The SMILES string of the molecule is O=C(N1Cc2ccccc2/C(=C/C(F)(F)F)c2ccccc21)C(F)(F)F. The average Bonchev–Trinajstić information content (AvgIpc) is 2.68. The van der Waals surface area contributed by atoms with Crippen LogP contribution in [0.4, 0.5) is 32.0 Å². The monoisotopic (exact) mass is 371 g/mol. The van der Waals surface area contributed by atoms with Crippen LogP contribution in [0.3, 0.4) is 0 Å². The molecule has 1 amide bonds. The minimum atomic E-state index is -5.15. The highest BCUT2D eigenvalue weighted by molar-refractivity contribution is 6.02. The molecule has 2 nitrogen and oxygen atoms in total. The molecule has 0 saturated carbocycles. The smallest absolute Gasteiger partial charge is 0.300 e. The maximum absolute atomic E-state index is 13.1. The highest BCUT2D eigenvalue weighted by atomic mass is 19.4. The number of amides is 1. The molecule has 2 aromatic carbocycles. The van der Waals surface area contributed by atoms with E-state index < -0.39 is 24.8 Å². The molecule has 0 unspecified atom stereocenters. The van der Waals surface area contributed by atoms with Crippen LogP contribution in [0.15, 0.2) is 54.6 Å². The Morgan fingerprint density at radius 2 is 1.46 bits per heavy atom. The molecule has 1 aliphatic rings. The van der Waals surface area contributed by atoms with Crippen LogP contribution in [0.2, 0.25) is 0 Å². The Kier molecular flexibility index (Phi) is 4.29. The van der Waals surface area contributed by atoms with Gasteiger partial charge in [0.05, 0.1) is 12.2 Å². The molecule has 1 aliphatic heterocycles. The molecule has 2 aromatic rings. The fourth-order valence-corrected chi connectivity index (χ4v) is 2.91. The first-order valence-corrected chi connectivity index (χ1v) is 7.44. The van der Waals surface area contributed by atoms with Crippen molar-refractivity contribution in [1.82, 2.24) is 0 Å². The van der Waals surface area contributed by atoms with Crippen molar-refractivity contribution in [2.75, 3.05) is 4.90 Å². The summed E-state index contributed by atoms with van der Waals surface area (Å²) in [5.41, 5.74) is -0.262. The molecular weight excluding hydrogens is 360 g/mol. The number of para-hydroxylation sites is 1. The second-order valence-corrected chi connectivity index (χ2v) is 5.66. The molecule has 0 atom stereocenters. The van der Waals surface area contributed by atoms with Gasteiger partial charge in [0.1, 0.15) is 0 Å². The number of nitrogens with zero attached hydrogens (tertiary/aromatic N) is 1. The van der Waals surface area contributed by atoms with E-state index in [0.29, 0.717) is 4.90 Å². The van der Waals surface area contributed by atoms with E-state index in [1.165, 1.54) is 48.5 Å². The first kappa shape index (κ1) is 18.0. The summed E-state index contributed by atoms with van der Waals surface area (Å²) in [6, 6.07) is 11.0. The number of rotatable bonds is 0. The van der Waals surface area contributed by atoms with E-state index in [1.807, 2.05) is 0 Å². The number of hydrogen-bond donors (Lipinski definition) is 0. The van der Waals surface area contributed by atoms with Crippen molar-refractivity contribution >= 4 is 17.2 Å². The first-order chi connectivity index (χ1) is 12.1. The van der Waals surface area contributed by atoms with Crippen molar-refractivity contribution in [3.8, 4) is 0 Å². The standard InChI is InChI=1S/C18H11F6NO/c19-17(20,21)9-14-12-6-2-1-5-11(12)10-25(16(26)18(22,23)24)15-8-4-3-7-13(14)15/h1-9H,10H2/b14-9-. The van der Waals surface area contributed by atoms with Crippen molar-refractivity contribution < 1.29 is 31.1 Å². The lowest BCUT2D eigenvalue weighted by molar-refractivity contribution is -0.170. The van der Waals surface area contributed by atoms with Crippen LogP contribution >= 0.6 is 0 Å². The number of allylic oxidation sites excluding steroid dienone is 1. The van der Waals surface area contributed by atoms with E-state index in [2.05, 4.69) is 0 Å². The third kappa shape index (κ3) is 3.44. The first-order valence-electron chi connectivity index (χ1n) is 7.44. The van der Waals surface area contributed by atoms with Crippen LogP contribution in [0.25, 0.3) is 5.57 Å². The lowest BCUT2D eigenvalue weighted by Crippen LogP contribution is -2.40. The highest BCUT2D eigenvalue weighted by Crippen LogP contribution is 2.41. The van der Waals surface area contributed by atoms with Gasteiger partial charge >= 0.3 is 18.3 Å². The van der Waals surface area contributed by atoms with E-state index in [9.17, 15) is 31.1 Å². The maximum atomic E-state index is 13.1. The summed E-state index contributed by atoms with van der Waals surface area (Å²) in [5, 5.41) is 0. The second-order valence-electron chi connectivity index (χ2n) is 5.66. The van der Waals surface area contributed by atoms with Crippen LogP contribution in [0.5, 0.6) is 0 Å². The molecule has 0 aromatic heterocycles. The molecule has 8 heteroatoms. The van der Waals surface area contributed by atoms with E-state index in [-0.39, 0.29) is 34.0 Å². The number of halogens is 6. The van der Waals surface area contributed by atoms with Gasteiger partial charge in [0.25, 0.3) is 0 Å². The Balaban J connectivity index is 2.31. The number of anilines is 1. The Bertz CT molecular complexity index is 882. The molecule has 136 valence electrons. The average molecular weight is 371 g/mol. The van der Waals surface area contributed by atoms with Gasteiger partial charge in [0, 0.05) is 11.6 Å². The summed E-state index contributed by atoms with van der Waals surface area (Å²) >= 11 is 0. The third-order valence-corrected chi connectivity index (χ3v) is 3.92. The molecule has 0 saturated heterocycles. The molecule has 3 rings (SSSR count). The summed E-state index contributed by atoms with van der Waals surface area (Å²) in [7, 11) is 0. The summed E-state index contributed by atoms with van der Waals surface area (Å²) in [6.45, 7) is -0.485. The Labute approximate surface area is 144 Å². The maximum Gasteiger partial charge on any atom is 0.471 e. The largest absolute Gasteiger partial charge is 0.471 e. The van der Waals surface area contributed by atoms with Crippen molar-refractivity contribution in [2.24, 2.45) is 0 Å². The van der Waals surface area contributed by atoms with Crippen LogP contribution in [-0.4, -0.2) is 18.3 Å². The lowest BCUT2D eigenvalue weighted by atomic mass is 9.94. The zero-order valence-corrected chi connectivity index (χ0v) is 13.0. The topological polar surface area (TPSA) is 20.3 Å². The van der Waals surface area contributed by atoms with Crippen molar-refractivity contribution in [1.29, 1.82) is 0 Å². The van der Waals surface area contributed by atoms with Gasteiger partial charge in [-0.25, -0.2) is 0 Å². The summed E-state index contributed by atoms with van der Waals surface area (Å²) in [4.78, 5) is 12.4. The third-order valence-electron chi connectivity index (χ3n) is 3.92. The summed E-state index contributed by atoms with van der Waals surface area (Å²) < 4.78 is 78.3. The highest BCUT2D eigenvalue weighted by Gasteiger charge is 2.44. The quantitative estimate of drug-likeness (QED) is 0.591. The van der Waals surface area contributed by atoms with Crippen LogP contribution in [0, 0.1) is 0 Å². The van der Waals surface area contributed by atoms with Crippen molar-refractivity contribution in [2.45, 2.75) is 18.9 Å². The number of carbonyl (C=O) groups excluding carboxylic acids is 1. The zero-order chi connectivity index (χ0) is 19.1. The van der Waals surface area contributed by atoms with Gasteiger partial charge in [-0.15, -0.1) is 0 Å². The second kappa shape index (κ2) is 6.19. The minimum Gasteiger partial charge on any atom is -0.300 e. The minimum absolute atomic E-state index is 0.0478. The number of carbonyl (C=O) groups is 1. The summed E-state index contributed by atoms with van der Waals surface area (Å²) in [5.74, 6) is -2.13. The molecule has 0 bridgehead atoms. The molecule has 26 heavy (non-hydrogen) atoms. The fraction of sp³-hybridized carbons (Fsp3) is 0.167. The number of benzene rings is 2. The Morgan fingerprint density at radius 1 is 0.885 bits per heavy atom. The normalized spacial score (nSPS) is 16.1. The van der Waals surface area contributed by atoms with Crippen molar-refractivity contribution in [3.63, 3.8) is 0 Å². The molecule has 0 spiro atoms. The zero-order valence-electron chi connectivity index (χ0n) is 13.0. The molecule has 1 heterocycles. The Morgan fingerprint density at radius 3 is 2.08 bits per heavy atom. The predicted octanol–water partition coefficient (Wildman–Crippen LogP) is 5.09. The van der Waals surface area contributed by atoms with E-state index in [0.717, 1.165) is 0 Å². The number of hydrogen-bond acceptors (Lipinski definition) is 1. The molecule has 0 N–H and O–H groups in total. The molecular formula is C18H11F6NO. The van der Waals surface area contributed by atoms with Gasteiger partial charge in [-0.1, -0.05) is 42.5 Å². The van der Waals surface area contributed by atoms with Gasteiger partial charge in [-0.2, -0.15) is 26.3 Å². The van der Waals surface area contributed by atoms with Crippen LogP contribution < -0.4 is 4.90 Å². The van der Waals surface area contributed by atoms with Gasteiger partial charge in [-0.05, 0) is 22.8 Å². The molecule has 0 radical (unpaired) electrons. The fourth-order valence-electron chi connectivity index (χ4n) is 2.91. The number of alkyl halides is 6. The van der Waals surface area contributed by atoms with Gasteiger partial charge in [0.15, 0.2) is 0 Å². The van der Waals surface area contributed by atoms with Crippen LogP contribution in [-0.2, 0) is 11.3 Å². The van der Waals surface area contributed by atoms with Gasteiger partial charge < -0.3 is 0 Å². The summed E-state index contributed by atoms with van der Waals surface area (Å²) in [6.07, 6.45) is -9.79. The lowest BCUT2D eigenvalue weighted by Gasteiger charge is -2.24. The van der Waals surface area contributed by atoms with E-state index in [4.69, 9.17) is 0 Å². The van der Waals surface area contributed by atoms with E-state index >= 15 is 0 Å². The van der Waals surface area contributed by atoms with E-state index in [1.54, 1.807) is 0 Å². The Hall–Kier alpha value is -2.77. The van der Waals surface area contributed by atoms with Crippen molar-refractivity contribution in [3.05, 3.63) is 71.3 Å². The predicted molar refractivity (Wildman–Crippen MR) is 83.3 cm³/mol. The van der Waals surface area contributed by atoms with Gasteiger partial charge in [-0.3, -0.25) is 9.69 Å². The van der Waals surface area contributed by atoms with Gasteiger partial charge in [0.2, 0.25) is 0 Å². The van der Waals surface area contributed by atoms with Crippen LogP contribution in [0.1, 0.15) is 16.7 Å². The molecule has 0 fully saturated rings. The molecule has 0 aliphatic carbocycles.